The lowest BCUT2D eigenvalue weighted by atomic mass is 10.0. The first-order valence-corrected chi connectivity index (χ1v) is 22.7. The van der Waals surface area contributed by atoms with Gasteiger partial charge in [-0.25, -0.2) is 4.57 Å². The van der Waals surface area contributed by atoms with Crippen LogP contribution in [0.3, 0.4) is 0 Å². The molecule has 0 radical (unpaired) electrons. The van der Waals surface area contributed by atoms with Crippen molar-refractivity contribution in [2.75, 3.05) is 13.2 Å². The second-order valence-corrected chi connectivity index (χ2v) is 15.6. The Balaban J connectivity index is 3.83. The minimum absolute atomic E-state index is 0.00627. The maximum absolute atomic E-state index is 12.4. The van der Waals surface area contributed by atoms with Crippen molar-refractivity contribution in [1.82, 2.24) is 0 Å². The summed E-state index contributed by atoms with van der Waals surface area (Å²) < 4.78 is 26.8. The first kappa shape index (κ1) is 48.9. The van der Waals surface area contributed by atoms with Crippen molar-refractivity contribution in [1.29, 1.82) is 0 Å². The van der Waals surface area contributed by atoms with Gasteiger partial charge in [0.15, 0.2) is 6.10 Å². The zero-order valence-corrected chi connectivity index (χ0v) is 33.7. The van der Waals surface area contributed by atoms with E-state index in [0.717, 1.165) is 44.9 Å². The van der Waals surface area contributed by atoms with Crippen molar-refractivity contribution >= 4 is 13.8 Å². The van der Waals surface area contributed by atoms with Gasteiger partial charge in [0, 0.05) is 6.42 Å². The van der Waals surface area contributed by atoms with Gasteiger partial charge in [-0.15, -0.1) is 0 Å². The first-order valence-electron chi connectivity index (χ1n) is 21.2. The number of carbonyl (C=O) groups excluding carboxylic acids is 1. The Morgan fingerprint density at radius 2 is 0.880 bits per heavy atom. The number of phosphoric acid groups is 1. The van der Waals surface area contributed by atoms with E-state index in [4.69, 9.17) is 19.3 Å². The largest absolute Gasteiger partial charge is 0.498 e. The third-order valence-corrected chi connectivity index (χ3v) is 9.80. The predicted octanol–water partition coefficient (Wildman–Crippen LogP) is 13.6. The molecule has 0 rings (SSSR count). The van der Waals surface area contributed by atoms with Crippen LogP contribution in [-0.2, 0) is 23.4 Å². The smallest absolute Gasteiger partial charge is 0.469 e. The molecule has 0 heterocycles. The molecular weight excluding hydrogens is 647 g/mol. The molecule has 0 aliphatic rings. The zero-order valence-electron chi connectivity index (χ0n) is 32.8. The number of phosphoric ester groups is 1. The van der Waals surface area contributed by atoms with Gasteiger partial charge in [-0.2, -0.15) is 0 Å². The molecule has 0 aromatic heterocycles. The van der Waals surface area contributed by atoms with Crippen LogP contribution >= 0.6 is 7.82 Å². The third kappa shape index (κ3) is 41.3. The summed E-state index contributed by atoms with van der Waals surface area (Å²) in [6.07, 6.45) is 46.9. The normalized spacial score (nSPS) is 12.7. The van der Waals surface area contributed by atoms with E-state index < -0.39 is 26.5 Å². The first-order chi connectivity index (χ1) is 24.4. The molecule has 0 aliphatic carbocycles. The number of ether oxygens (including phenoxy) is 2. The van der Waals surface area contributed by atoms with Gasteiger partial charge in [-0.05, 0) is 51.0 Å². The molecule has 7 nitrogen and oxygen atoms in total. The van der Waals surface area contributed by atoms with Gasteiger partial charge >= 0.3 is 13.8 Å². The van der Waals surface area contributed by atoms with Crippen LogP contribution in [0.25, 0.3) is 0 Å². The van der Waals surface area contributed by atoms with Crippen LogP contribution in [0.2, 0.25) is 0 Å². The molecule has 0 unspecified atom stereocenters. The standard InChI is InChI=1S/C42H81O7P/c1-3-5-7-9-11-13-15-17-19-21-22-24-26-28-30-32-34-36-38-47-39-41(40-48-50(44,45)46)49-42(43)37-35-33-31-29-27-25-23-20-18-16-14-12-10-8-6-4-2/h20,23,36,38,41H,3-19,21-22,24-35,37,39-40H2,1-2H3,(H2,44,45,46)/b23-20-,38-36-/t41-/m1/s1. The summed E-state index contributed by atoms with van der Waals surface area (Å²) in [7, 11) is -4.67. The molecule has 0 aromatic rings. The molecule has 0 aromatic carbocycles. The van der Waals surface area contributed by atoms with Crippen LogP contribution in [0.15, 0.2) is 24.5 Å². The molecule has 50 heavy (non-hydrogen) atoms. The average molecular weight is 729 g/mol. The lowest BCUT2D eigenvalue weighted by molar-refractivity contribution is -0.153. The molecule has 0 bridgehead atoms. The minimum Gasteiger partial charge on any atom is -0.498 e. The van der Waals surface area contributed by atoms with Gasteiger partial charge in [0.2, 0.25) is 0 Å². The van der Waals surface area contributed by atoms with Crippen LogP contribution in [0.4, 0.5) is 0 Å². The van der Waals surface area contributed by atoms with Crippen LogP contribution in [0, 0.1) is 0 Å². The van der Waals surface area contributed by atoms with E-state index in [0.29, 0.717) is 0 Å². The highest BCUT2D eigenvalue weighted by Gasteiger charge is 2.21. The topological polar surface area (TPSA) is 102 Å². The minimum atomic E-state index is -4.67. The maximum atomic E-state index is 12.4. The highest BCUT2D eigenvalue weighted by molar-refractivity contribution is 7.46. The Morgan fingerprint density at radius 1 is 0.520 bits per heavy atom. The monoisotopic (exact) mass is 729 g/mol. The fourth-order valence-corrected chi connectivity index (χ4v) is 6.53. The second-order valence-electron chi connectivity index (χ2n) is 14.4. The van der Waals surface area contributed by atoms with Gasteiger partial charge in [0.25, 0.3) is 0 Å². The molecule has 0 spiro atoms. The molecule has 0 aliphatic heterocycles. The van der Waals surface area contributed by atoms with E-state index >= 15 is 0 Å². The van der Waals surface area contributed by atoms with E-state index in [-0.39, 0.29) is 13.0 Å². The van der Waals surface area contributed by atoms with Gasteiger partial charge < -0.3 is 19.3 Å². The fourth-order valence-electron chi connectivity index (χ4n) is 6.17. The highest BCUT2D eigenvalue weighted by atomic mass is 31.2. The molecule has 2 N–H and O–H groups in total. The summed E-state index contributed by atoms with van der Waals surface area (Å²) in [6, 6.07) is 0. The van der Waals surface area contributed by atoms with E-state index in [1.54, 1.807) is 6.26 Å². The maximum Gasteiger partial charge on any atom is 0.469 e. The van der Waals surface area contributed by atoms with Gasteiger partial charge in [0.1, 0.15) is 6.61 Å². The van der Waals surface area contributed by atoms with E-state index in [9.17, 15) is 9.36 Å². The quantitative estimate of drug-likeness (QED) is 0.0213. The fraction of sp³-hybridized carbons (Fsp3) is 0.881. The Labute approximate surface area is 309 Å². The zero-order chi connectivity index (χ0) is 36.6. The number of carbonyl (C=O) groups is 1. The number of rotatable bonds is 40. The number of hydrogen-bond donors (Lipinski definition) is 2. The van der Waals surface area contributed by atoms with Crippen LogP contribution < -0.4 is 0 Å². The van der Waals surface area contributed by atoms with Crippen molar-refractivity contribution in [2.45, 2.75) is 225 Å². The van der Waals surface area contributed by atoms with Crippen molar-refractivity contribution < 1.29 is 33.1 Å². The molecule has 0 saturated carbocycles. The Morgan fingerprint density at radius 3 is 1.28 bits per heavy atom. The lowest BCUT2D eigenvalue weighted by Gasteiger charge is -2.18. The van der Waals surface area contributed by atoms with Crippen LogP contribution in [0.1, 0.15) is 219 Å². The molecule has 8 heteroatoms. The summed E-state index contributed by atoms with van der Waals surface area (Å²) in [4.78, 5) is 30.6. The molecular formula is C42H81O7P. The highest BCUT2D eigenvalue weighted by Crippen LogP contribution is 2.36. The van der Waals surface area contributed by atoms with Gasteiger partial charge in [-0.1, -0.05) is 180 Å². The van der Waals surface area contributed by atoms with Crippen LogP contribution in [-0.4, -0.2) is 35.1 Å². The van der Waals surface area contributed by atoms with Crippen molar-refractivity contribution in [3.8, 4) is 0 Å². The molecule has 296 valence electrons. The van der Waals surface area contributed by atoms with E-state index in [2.05, 4.69) is 30.5 Å². The van der Waals surface area contributed by atoms with Gasteiger partial charge in [-0.3, -0.25) is 9.32 Å². The third-order valence-electron chi connectivity index (χ3n) is 9.32. The summed E-state index contributed by atoms with van der Waals surface area (Å²) >= 11 is 0. The van der Waals surface area contributed by atoms with E-state index in [1.165, 1.54) is 154 Å². The number of hydrogen-bond acceptors (Lipinski definition) is 5. The molecule has 0 fully saturated rings. The SMILES string of the molecule is CCCCCCCCC/C=C\CCCCCCCC(=O)O[C@H](CO/C=C\CCCCCCCCCCCCCCCCCC)COP(=O)(O)O. The Kier molecular flexibility index (Phi) is 38.2. The second kappa shape index (κ2) is 39.1. The Bertz CT molecular complexity index is 810. The summed E-state index contributed by atoms with van der Waals surface area (Å²) in [6.45, 7) is 4.12. The van der Waals surface area contributed by atoms with Crippen molar-refractivity contribution in [3.63, 3.8) is 0 Å². The number of unbranched alkanes of at least 4 members (excludes halogenated alkanes) is 28. The number of esters is 1. The summed E-state index contributed by atoms with van der Waals surface area (Å²) in [5.74, 6) is -0.390. The van der Waals surface area contributed by atoms with Crippen LogP contribution in [0.5, 0.6) is 0 Å². The van der Waals surface area contributed by atoms with Gasteiger partial charge in [0.05, 0.1) is 12.9 Å². The van der Waals surface area contributed by atoms with E-state index in [1.807, 2.05) is 6.08 Å². The van der Waals surface area contributed by atoms with Crippen molar-refractivity contribution in [3.05, 3.63) is 24.5 Å². The lowest BCUT2D eigenvalue weighted by Crippen LogP contribution is -2.27. The van der Waals surface area contributed by atoms with Crippen molar-refractivity contribution in [2.24, 2.45) is 0 Å². The average Bonchev–Trinajstić information content (AvgIpc) is 3.09. The molecule has 0 saturated heterocycles. The Hall–Kier alpha value is -1.14. The summed E-state index contributed by atoms with van der Waals surface area (Å²) in [5.41, 5.74) is 0. The summed E-state index contributed by atoms with van der Waals surface area (Å²) in [5, 5.41) is 0. The molecule has 0 amide bonds. The number of allylic oxidation sites excluding steroid dienone is 3. The molecule has 1 atom stereocenters. The predicted molar refractivity (Wildman–Crippen MR) is 211 cm³/mol.